The molecule has 0 aliphatic heterocycles. The Kier molecular flexibility index (Phi) is 7.11. The van der Waals surface area contributed by atoms with Gasteiger partial charge in [0.25, 0.3) is 0 Å². The Morgan fingerprint density at radius 2 is 2.25 bits per heavy atom. The zero-order valence-corrected chi connectivity index (χ0v) is 8.27. The Bertz CT molecular complexity index is 123. The van der Waals surface area contributed by atoms with Crippen LogP contribution in [0.3, 0.4) is 0 Å². The molecule has 1 unspecified atom stereocenters. The van der Waals surface area contributed by atoms with Crippen molar-refractivity contribution in [2.75, 3.05) is 13.2 Å². The second-order valence-electron chi connectivity index (χ2n) is 3.43. The van der Waals surface area contributed by atoms with Gasteiger partial charge in [0.15, 0.2) is 0 Å². The molecule has 72 valence electrons. The van der Waals surface area contributed by atoms with Crippen molar-refractivity contribution >= 4 is 0 Å². The maximum atomic E-state index is 8.59. The number of aliphatic hydroxyl groups excluding tert-OH is 1. The van der Waals surface area contributed by atoms with Crippen molar-refractivity contribution in [1.82, 2.24) is 5.32 Å². The Balaban J connectivity index is 3.19. The van der Waals surface area contributed by atoms with Gasteiger partial charge in [-0.15, -0.1) is 6.58 Å². The van der Waals surface area contributed by atoms with E-state index in [1.54, 1.807) is 0 Å². The van der Waals surface area contributed by atoms with Gasteiger partial charge in [-0.1, -0.05) is 5.57 Å². The summed E-state index contributed by atoms with van der Waals surface area (Å²) in [6.07, 6.45) is 2.98. The lowest BCUT2D eigenvalue weighted by Gasteiger charge is -2.12. The molecule has 0 saturated heterocycles. The first-order valence-corrected chi connectivity index (χ1v) is 4.65. The normalized spacial score (nSPS) is 12.9. The van der Waals surface area contributed by atoms with Crippen molar-refractivity contribution in [3.05, 3.63) is 12.2 Å². The number of aliphatic hydroxyl groups is 1. The lowest BCUT2D eigenvalue weighted by atomic mass is 10.2. The molecule has 0 amide bonds. The summed E-state index contributed by atoms with van der Waals surface area (Å²) in [7, 11) is 0. The van der Waals surface area contributed by atoms with Crippen LogP contribution in [0.2, 0.25) is 0 Å². The molecule has 1 atom stereocenters. The highest BCUT2D eigenvalue weighted by molar-refractivity contribution is 4.88. The monoisotopic (exact) mass is 171 g/mol. The second kappa shape index (κ2) is 7.32. The summed E-state index contributed by atoms with van der Waals surface area (Å²) < 4.78 is 0. The van der Waals surface area contributed by atoms with Crippen LogP contribution >= 0.6 is 0 Å². The Morgan fingerprint density at radius 1 is 1.58 bits per heavy atom. The molecule has 0 aliphatic carbocycles. The number of hydrogen-bond donors (Lipinski definition) is 2. The molecular weight excluding hydrogens is 150 g/mol. The maximum Gasteiger partial charge on any atom is 0.0431 e. The van der Waals surface area contributed by atoms with E-state index in [0.29, 0.717) is 12.6 Å². The zero-order chi connectivity index (χ0) is 9.40. The van der Waals surface area contributed by atoms with E-state index >= 15 is 0 Å². The second-order valence-corrected chi connectivity index (χ2v) is 3.43. The van der Waals surface area contributed by atoms with Crippen molar-refractivity contribution < 1.29 is 5.11 Å². The summed E-state index contributed by atoms with van der Waals surface area (Å²) in [5.41, 5.74) is 1.22. The highest BCUT2D eigenvalue weighted by atomic mass is 16.2. The van der Waals surface area contributed by atoms with Crippen molar-refractivity contribution in [2.24, 2.45) is 0 Å². The van der Waals surface area contributed by atoms with Crippen LogP contribution in [-0.2, 0) is 0 Å². The van der Waals surface area contributed by atoms with E-state index in [2.05, 4.69) is 18.8 Å². The van der Waals surface area contributed by atoms with E-state index in [9.17, 15) is 0 Å². The zero-order valence-electron chi connectivity index (χ0n) is 8.27. The molecule has 0 radical (unpaired) electrons. The lowest BCUT2D eigenvalue weighted by Crippen LogP contribution is -2.27. The van der Waals surface area contributed by atoms with E-state index in [1.165, 1.54) is 5.57 Å². The molecule has 2 heteroatoms. The molecule has 12 heavy (non-hydrogen) atoms. The van der Waals surface area contributed by atoms with Gasteiger partial charge in [0.1, 0.15) is 0 Å². The van der Waals surface area contributed by atoms with Gasteiger partial charge in [0.2, 0.25) is 0 Å². The third-order valence-electron chi connectivity index (χ3n) is 1.84. The van der Waals surface area contributed by atoms with Crippen molar-refractivity contribution in [2.45, 2.75) is 39.2 Å². The number of rotatable bonds is 7. The van der Waals surface area contributed by atoms with Crippen LogP contribution in [0.4, 0.5) is 0 Å². The van der Waals surface area contributed by atoms with Crippen LogP contribution in [0.25, 0.3) is 0 Å². The molecule has 0 aromatic rings. The van der Waals surface area contributed by atoms with Crippen molar-refractivity contribution in [1.29, 1.82) is 0 Å². The fourth-order valence-corrected chi connectivity index (χ4v) is 1.03. The van der Waals surface area contributed by atoms with E-state index in [-0.39, 0.29) is 0 Å². The van der Waals surface area contributed by atoms with Crippen LogP contribution in [0.5, 0.6) is 0 Å². The van der Waals surface area contributed by atoms with Gasteiger partial charge in [-0.25, -0.2) is 0 Å². The largest absolute Gasteiger partial charge is 0.396 e. The molecule has 0 spiro atoms. The fourth-order valence-electron chi connectivity index (χ4n) is 1.03. The standard InChI is InChI=1S/C10H21NO/c1-9(2)6-7-11-10(3)5-4-8-12/h10-12H,1,4-8H2,2-3H3. The third-order valence-corrected chi connectivity index (χ3v) is 1.84. The summed E-state index contributed by atoms with van der Waals surface area (Å²) in [5.74, 6) is 0. The average molecular weight is 171 g/mol. The lowest BCUT2D eigenvalue weighted by molar-refractivity contribution is 0.276. The predicted octanol–water partition coefficient (Wildman–Crippen LogP) is 1.70. The highest BCUT2D eigenvalue weighted by Crippen LogP contribution is 1.97. The Morgan fingerprint density at radius 3 is 2.75 bits per heavy atom. The van der Waals surface area contributed by atoms with E-state index < -0.39 is 0 Å². The molecule has 0 aromatic carbocycles. The molecule has 0 rings (SSSR count). The first-order valence-electron chi connectivity index (χ1n) is 4.65. The molecule has 0 aliphatic rings. The van der Waals surface area contributed by atoms with Crippen molar-refractivity contribution in [3.63, 3.8) is 0 Å². The molecule has 0 fully saturated rings. The quantitative estimate of drug-likeness (QED) is 0.571. The van der Waals surface area contributed by atoms with Crippen LogP contribution in [0.1, 0.15) is 33.1 Å². The molecule has 0 heterocycles. The van der Waals surface area contributed by atoms with Gasteiger partial charge in [-0.05, 0) is 39.7 Å². The first kappa shape index (κ1) is 11.7. The van der Waals surface area contributed by atoms with E-state index in [0.717, 1.165) is 25.8 Å². The van der Waals surface area contributed by atoms with Crippen molar-refractivity contribution in [3.8, 4) is 0 Å². The minimum atomic E-state index is 0.298. The summed E-state index contributed by atoms with van der Waals surface area (Å²) in [4.78, 5) is 0. The summed E-state index contributed by atoms with van der Waals surface area (Å²) in [5, 5.41) is 12.0. The van der Waals surface area contributed by atoms with Gasteiger partial charge in [0, 0.05) is 12.6 Å². The molecule has 0 saturated carbocycles. The predicted molar refractivity (Wildman–Crippen MR) is 53.2 cm³/mol. The Labute approximate surface area is 75.7 Å². The van der Waals surface area contributed by atoms with Crippen LogP contribution in [-0.4, -0.2) is 24.3 Å². The number of hydrogen-bond acceptors (Lipinski definition) is 2. The summed E-state index contributed by atoms with van der Waals surface area (Å²) in [6, 6.07) is 0.511. The summed E-state index contributed by atoms with van der Waals surface area (Å²) in [6.45, 7) is 9.32. The van der Waals surface area contributed by atoms with Gasteiger partial charge in [0.05, 0.1) is 0 Å². The van der Waals surface area contributed by atoms with Gasteiger partial charge < -0.3 is 10.4 Å². The summed E-state index contributed by atoms with van der Waals surface area (Å²) >= 11 is 0. The topological polar surface area (TPSA) is 32.3 Å². The molecule has 0 aromatic heterocycles. The number of nitrogens with one attached hydrogen (secondary N) is 1. The molecular formula is C10H21NO. The van der Waals surface area contributed by atoms with E-state index in [4.69, 9.17) is 5.11 Å². The minimum absolute atomic E-state index is 0.298. The first-order chi connectivity index (χ1) is 5.66. The Hall–Kier alpha value is -0.340. The SMILES string of the molecule is C=C(C)CCNC(C)CCCO. The van der Waals surface area contributed by atoms with Gasteiger partial charge in [-0.2, -0.15) is 0 Å². The third kappa shape index (κ3) is 7.76. The maximum absolute atomic E-state index is 8.59. The van der Waals surface area contributed by atoms with Crippen LogP contribution < -0.4 is 5.32 Å². The van der Waals surface area contributed by atoms with Gasteiger partial charge in [-0.3, -0.25) is 0 Å². The van der Waals surface area contributed by atoms with Crippen LogP contribution in [0, 0.1) is 0 Å². The van der Waals surface area contributed by atoms with Gasteiger partial charge >= 0.3 is 0 Å². The fraction of sp³-hybridized carbons (Fsp3) is 0.800. The smallest absolute Gasteiger partial charge is 0.0431 e. The molecule has 0 bridgehead atoms. The molecule has 2 N–H and O–H groups in total. The minimum Gasteiger partial charge on any atom is -0.396 e. The van der Waals surface area contributed by atoms with E-state index in [1.807, 2.05) is 6.92 Å². The highest BCUT2D eigenvalue weighted by Gasteiger charge is 1.98. The van der Waals surface area contributed by atoms with Crippen LogP contribution in [0.15, 0.2) is 12.2 Å². The molecule has 2 nitrogen and oxygen atoms in total. The average Bonchev–Trinajstić information content (AvgIpc) is 2.00.